The largest absolute Gasteiger partial charge is 0.314 e. The summed E-state index contributed by atoms with van der Waals surface area (Å²) in [5.74, 6) is -0.296. The minimum atomic E-state index is -0.296. The van der Waals surface area contributed by atoms with Crippen LogP contribution in [0.2, 0.25) is 0 Å². The summed E-state index contributed by atoms with van der Waals surface area (Å²) in [6.07, 6.45) is 1.84. The first-order chi connectivity index (χ1) is 9.67. The summed E-state index contributed by atoms with van der Waals surface area (Å²) in [4.78, 5) is 4.41. The summed E-state index contributed by atoms with van der Waals surface area (Å²) in [5, 5.41) is 7.45. The fraction of sp³-hybridized carbons (Fsp3) is 0.143. The van der Waals surface area contributed by atoms with E-state index in [1.165, 1.54) is 6.07 Å². The molecule has 0 fully saturated rings. The lowest BCUT2D eigenvalue weighted by atomic mass is 10.1. The maximum atomic E-state index is 13.9. The summed E-state index contributed by atoms with van der Waals surface area (Å²) in [6.45, 7) is 0.671. The Morgan fingerprint density at radius 1 is 1.30 bits per heavy atom. The van der Waals surface area contributed by atoms with Gasteiger partial charge in [0.15, 0.2) is 5.65 Å². The van der Waals surface area contributed by atoms with Gasteiger partial charge >= 0.3 is 0 Å². The Morgan fingerprint density at radius 2 is 2.15 bits per heavy atom. The molecular formula is C14H12BrFN4. The van der Waals surface area contributed by atoms with Gasteiger partial charge in [-0.1, -0.05) is 15.9 Å². The number of imidazole rings is 1. The lowest BCUT2D eigenvalue weighted by Crippen LogP contribution is -2.04. The third kappa shape index (κ3) is 2.44. The van der Waals surface area contributed by atoms with Crippen LogP contribution in [0.4, 0.5) is 4.39 Å². The molecule has 4 nitrogen and oxygen atoms in total. The summed E-state index contributed by atoms with van der Waals surface area (Å²) in [7, 11) is 1.86. The number of nitrogens with one attached hydrogen (secondary N) is 1. The Hall–Kier alpha value is -1.79. The topological polar surface area (TPSA) is 42.2 Å². The molecule has 6 heteroatoms. The zero-order valence-electron chi connectivity index (χ0n) is 10.8. The molecule has 0 unspecified atom stereocenters. The molecule has 1 N–H and O–H groups in total. The SMILES string of the molecule is CNCc1cn2nc(-c3cc(Br)ccc3F)ccc2n1. The molecule has 102 valence electrons. The Balaban J connectivity index is 2.10. The lowest BCUT2D eigenvalue weighted by Gasteiger charge is -2.03. The van der Waals surface area contributed by atoms with E-state index in [9.17, 15) is 4.39 Å². The second kappa shape index (κ2) is 5.30. The minimum absolute atomic E-state index is 0.296. The number of halogens is 2. The first-order valence-electron chi connectivity index (χ1n) is 6.13. The third-order valence-corrected chi connectivity index (χ3v) is 3.43. The summed E-state index contributed by atoms with van der Waals surface area (Å²) in [6, 6.07) is 8.42. The highest BCUT2D eigenvalue weighted by Gasteiger charge is 2.09. The molecule has 0 saturated heterocycles. The van der Waals surface area contributed by atoms with Crippen LogP contribution in [0.15, 0.2) is 41.0 Å². The van der Waals surface area contributed by atoms with E-state index in [0.29, 0.717) is 17.8 Å². The minimum Gasteiger partial charge on any atom is -0.314 e. The van der Waals surface area contributed by atoms with E-state index in [1.54, 1.807) is 22.7 Å². The van der Waals surface area contributed by atoms with Crippen LogP contribution in [0.1, 0.15) is 5.69 Å². The van der Waals surface area contributed by atoms with Crippen LogP contribution in [0.3, 0.4) is 0 Å². The molecule has 20 heavy (non-hydrogen) atoms. The number of benzene rings is 1. The van der Waals surface area contributed by atoms with Crippen LogP contribution in [-0.2, 0) is 6.54 Å². The standard InChI is InChI=1S/C14H12BrFN4/c1-17-7-10-8-20-14(18-10)5-4-13(19-20)11-6-9(15)2-3-12(11)16/h2-6,8,17H,7H2,1H3. The lowest BCUT2D eigenvalue weighted by molar-refractivity contribution is 0.630. The van der Waals surface area contributed by atoms with E-state index in [4.69, 9.17) is 0 Å². The van der Waals surface area contributed by atoms with Gasteiger partial charge in [-0.3, -0.25) is 0 Å². The van der Waals surface area contributed by atoms with Gasteiger partial charge in [0.2, 0.25) is 0 Å². The fourth-order valence-electron chi connectivity index (χ4n) is 2.03. The average Bonchev–Trinajstić information content (AvgIpc) is 2.83. The van der Waals surface area contributed by atoms with Crippen molar-refractivity contribution in [2.75, 3.05) is 7.05 Å². The van der Waals surface area contributed by atoms with Crippen molar-refractivity contribution in [2.24, 2.45) is 0 Å². The van der Waals surface area contributed by atoms with E-state index in [2.05, 4.69) is 31.3 Å². The molecule has 2 heterocycles. The maximum Gasteiger partial charge on any atom is 0.153 e. The monoisotopic (exact) mass is 334 g/mol. The van der Waals surface area contributed by atoms with E-state index in [0.717, 1.165) is 15.8 Å². The predicted octanol–water partition coefficient (Wildman–Crippen LogP) is 3.02. The van der Waals surface area contributed by atoms with Crippen molar-refractivity contribution >= 4 is 21.6 Å². The van der Waals surface area contributed by atoms with Crippen LogP contribution in [0.25, 0.3) is 16.9 Å². The Bertz CT molecular complexity index is 769. The van der Waals surface area contributed by atoms with E-state index < -0.39 is 0 Å². The number of fused-ring (bicyclic) bond motifs is 1. The second-order valence-electron chi connectivity index (χ2n) is 4.41. The number of hydrogen-bond donors (Lipinski definition) is 1. The molecule has 2 aromatic heterocycles. The van der Waals surface area contributed by atoms with Gasteiger partial charge in [0.05, 0.1) is 17.6 Å². The molecule has 3 aromatic rings. The van der Waals surface area contributed by atoms with Crippen LogP contribution < -0.4 is 5.32 Å². The average molecular weight is 335 g/mol. The molecule has 0 spiro atoms. The van der Waals surface area contributed by atoms with Gasteiger partial charge in [-0.2, -0.15) is 5.10 Å². The van der Waals surface area contributed by atoms with E-state index >= 15 is 0 Å². The smallest absolute Gasteiger partial charge is 0.153 e. The molecule has 0 aliphatic heterocycles. The Kier molecular flexibility index (Phi) is 3.50. The van der Waals surface area contributed by atoms with Crippen molar-refractivity contribution in [3.8, 4) is 11.3 Å². The molecule has 1 aromatic carbocycles. The molecule has 0 aliphatic rings. The summed E-state index contributed by atoms with van der Waals surface area (Å²) < 4.78 is 16.4. The second-order valence-corrected chi connectivity index (χ2v) is 5.32. The van der Waals surface area contributed by atoms with Crippen molar-refractivity contribution in [1.82, 2.24) is 19.9 Å². The number of hydrogen-bond acceptors (Lipinski definition) is 3. The number of nitrogens with zero attached hydrogens (tertiary/aromatic N) is 3. The van der Waals surface area contributed by atoms with Gasteiger partial charge in [0.25, 0.3) is 0 Å². The Morgan fingerprint density at radius 3 is 2.95 bits per heavy atom. The van der Waals surface area contributed by atoms with Gasteiger partial charge in [-0.25, -0.2) is 13.9 Å². The molecule has 0 saturated carbocycles. The third-order valence-electron chi connectivity index (χ3n) is 2.93. The van der Waals surface area contributed by atoms with Crippen molar-refractivity contribution in [2.45, 2.75) is 6.54 Å². The maximum absolute atomic E-state index is 13.9. The van der Waals surface area contributed by atoms with Gasteiger partial charge < -0.3 is 5.32 Å². The number of rotatable bonds is 3. The normalized spacial score (nSPS) is 11.2. The first-order valence-corrected chi connectivity index (χ1v) is 6.92. The van der Waals surface area contributed by atoms with Crippen LogP contribution in [0, 0.1) is 5.82 Å². The van der Waals surface area contributed by atoms with Crippen molar-refractivity contribution in [1.29, 1.82) is 0 Å². The molecular weight excluding hydrogens is 323 g/mol. The van der Waals surface area contributed by atoms with Crippen molar-refractivity contribution < 1.29 is 4.39 Å². The van der Waals surface area contributed by atoms with E-state index in [-0.39, 0.29) is 5.82 Å². The molecule has 3 rings (SSSR count). The van der Waals surface area contributed by atoms with Gasteiger partial charge in [-0.15, -0.1) is 0 Å². The summed E-state index contributed by atoms with van der Waals surface area (Å²) >= 11 is 3.35. The molecule has 0 aliphatic carbocycles. The first kappa shape index (κ1) is 13.2. The molecule has 0 radical (unpaired) electrons. The van der Waals surface area contributed by atoms with Crippen LogP contribution >= 0.6 is 15.9 Å². The van der Waals surface area contributed by atoms with Crippen LogP contribution in [0.5, 0.6) is 0 Å². The highest BCUT2D eigenvalue weighted by Crippen LogP contribution is 2.24. The van der Waals surface area contributed by atoms with E-state index in [1.807, 2.05) is 19.3 Å². The highest BCUT2D eigenvalue weighted by atomic mass is 79.9. The van der Waals surface area contributed by atoms with Crippen LogP contribution in [-0.4, -0.2) is 21.6 Å². The van der Waals surface area contributed by atoms with Gasteiger partial charge in [0.1, 0.15) is 5.82 Å². The zero-order valence-corrected chi connectivity index (χ0v) is 12.4. The molecule has 0 atom stereocenters. The predicted molar refractivity (Wildman–Crippen MR) is 78.8 cm³/mol. The van der Waals surface area contributed by atoms with Gasteiger partial charge in [-0.05, 0) is 37.4 Å². The Labute approximate surface area is 123 Å². The zero-order chi connectivity index (χ0) is 14.1. The van der Waals surface area contributed by atoms with Crippen molar-refractivity contribution in [3.05, 3.63) is 52.5 Å². The molecule has 0 amide bonds. The molecule has 0 bridgehead atoms. The highest BCUT2D eigenvalue weighted by molar-refractivity contribution is 9.10. The fourth-order valence-corrected chi connectivity index (χ4v) is 2.40. The number of aromatic nitrogens is 3. The quantitative estimate of drug-likeness (QED) is 0.800. The van der Waals surface area contributed by atoms with Crippen molar-refractivity contribution in [3.63, 3.8) is 0 Å². The summed E-state index contributed by atoms with van der Waals surface area (Å²) in [5.41, 5.74) is 2.68. The van der Waals surface area contributed by atoms with Gasteiger partial charge in [0, 0.05) is 16.6 Å².